The van der Waals surface area contributed by atoms with E-state index in [0.717, 1.165) is 50.0 Å². The molecule has 0 atom stereocenters. The summed E-state index contributed by atoms with van der Waals surface area (Å²) < 4.78 is 0. The van der Waals surface area contributed by atoms with Crippen LogP contribution >= 0.6 is 0 Å². The number of hydrogen-bond acceptors (Lipinski definition) is 5. The molecule has 2 aromatic rings. The zero-order valence-electron chi connectivity index (χ0n) is 15.6. The number of likely N-dealkylation sites (tertiary alicyclic amines) is 1. The monoisotopic (exact) mass is 381 g/mol. The zero-order chi connectivity index (χ0) is 19.9. The molecule has 0 saturated carbocycles. The predicted molar refractivity (Wildman–Crippen MR) is 108 cm³/mol. The molecule has 0 radical (unpaired) electrons. The third kappa shape index (κ3) is 5.47. The maximum Gasteiger partial charge on any atom is 0.269 e. The Kier molecular flexibility index (Phi) is 6.49. The first kappa shape index (κ1) is 19.7. The first-order valence-electron chi connectivity index (χ1n) is 9.39. The molecule has 0 unspecified atom stereocenters. The topological polar surface area (TPSA) is 89.5 Å². The second kappa shape index (κ2) is 9.23. The zero-order valence-corrected chi connectivity index (χ0v) is 15.6. The molecular weight excluding hydrogens is 358 g/mol. The fourth-order valence-corrected chi connectivity index (χ4v) is 3.39. The van der Waals surface area contributed by atoms with Crippen LogP contribution in [0.25, 0.3) is 6.08 Å². The van der Waals surface area contributed by atoms with Gasteiger partial charge < -0.3 is 4.90 Å². The van der Waals surface area contributed by atoms with Gasteiger partial charge in [-0.3, -0.25) is 20.2 Å². The van der Waals surface area contributed by atoms with Crippen molar-refractivity contribution in [3.63, 3.8) is 0 Å². The lowest BCUT2D eigenvalue weighted by Gasteiger charge is -2.30. The van der Waals surface area contributed by atoms with E-state index in [0.29, 0.717) is 5.92 Å². The lowest BCUT2D eigenvalue weighted by molar-refractivity contribution is -0.385. The highest BCUT2D eigenvalue weighted by atomic mass is 16.6. The van der Waals surface area contributed by atoms with Gasteiger partial charge >= 0.3 is 0 Å². The van der Waals surface area contributed by atoms with Gasteiger partial charge in [-0.1, -0.05) is 24.3 Å². The number of nitro groups is 2. The molecule has 28 heavy (non-hydrogen) atoms. The molecule has 1 fully saturated rings. The van der Waals surface area contributed by atoms with Crippen LogP contribution in [-0.2, 0) is 6.42 Å². The Bertz CT molecular complexity index is 839. The van der Waals surface area contributed by atoms with Gasteiger partial charge in [0, 0.05) is 30.8 Å². The van der Waals surface area contributed by atoms with E-state index in [1.54, 1.807) is 24.3 Å². The molecule has 1 heterocycles. The van der Waals surface area contributed by atoms with Crippen molar-refractivity contribution >= 4 is 17.5 Å². The molecule has 146 valence electrons. The fourth-order valence-electron chi connectivity index (χ4n) is 3.39. The van der Waals surface area contributed by atoms with Gasteiger partial charge in [-0.2, -0.15) is 0 Å². The Morgan fingerprint density at radius 3 is 1.96 bits per heavy atom. The number of benzene rings is 2. The molecule has 0 aromatic heterocycles. The average Bonchev–Trinajstić information content (AvgIpc) is 2.72. The number of allylic oxidation sites excluding steroid dienone is 1. The van der Waals surface area contributed by atoms with E-state index in [1.165, 1.54) is 12.1 Å². The van der Waals surface area contributed by atoms with Gasteiger partial charge in [0.2, 0.25) is 0 Å². The van der Waals surface area contributed by atoms with Crippen LogP contribution in [0.5, 0.6) is 0 Å². The SMILES string of the molecule is O=[N+]([O-])c1ccc(C=CC2CCN(CCc3ccc([N+](=O)[O-])cc3)CC2)cc1. The van der Waals surface area contributed by atoms with E-state index < -0.39 is 0 Å². The predicted octanol–water partition coefficient (Wildman–Crippen LogP) is 4.47. The second-order valence-corrected chi connectivity index (χ2v) is 7.06. The van der Waals surface area contributed by atoms with Crippen LogP contribution in [-0.4, -0.2) is 34.4 Å². The van der Waals surface area contributed by atoms with Gasteiger partial charge in [0.25, 0.3) is 11.4 Å². The number of nitro benzene ring substituents is 2. The van der Waals surface area contributed by atoms with E-state index >= 15 is 0 Å². The normalized spacial score (nSPS) is 15.7. The molecule has 0 bridgehead atoms. The summed E-state index contributed by atoms with van der Waals surface area (Å²) in [7, 11) is 0. The third-order valence-electron chi connectivity index (χ3n) is 5.16. The minimum absolute atomic E-state index is 0.110. The highest BCUT2D eigenvalue weighted by Gasteiger charge is 2.17. The molecule has 3 rings (SSSR count). The molecule has 0 N–H and O–H groups in total. The van der Waals surface area contributed by atoms with Crippen LogP contribution in [0.1, 0.15) is 24.0 Å². The van der Waals surface area contributed by atoms with Crippen LogP contribution in [0.15, 0.2) is 54.6 Å². The number of non-ortho nitro benzene ring substituents is 2. The van der Waals surface area contributed by atoms with Crippen molar-refractivity contribution in [2.45, 2.75) is 19.3 Å². The molecule has 0 amide bonds. The molecule has 1 saturated heterocycles. The van der Waals surface area contributed by atoms with Gasteiger partial charge in [-0.25, -0.2) is 0 Å². The van der Waals surface area contributed by atoms with Crippen molar-refractivity contribution in [1.82, 2.24) is 4.90 Å². The Morgan fingerprint density at radius 2 is 1.43 bits per heavy atom. The maximum absolute atomic E-state index is 10.7. The summed E-state index contributed by atoms with van der Waals surface area (Å²) in [6, 6.07) is 13.4. The summed E-state index contributed by atoms with van der Waals surface area (Å²) in [5, 5.41) is 21.4. The van der Waals surface area contributed by atoms with E-state index in [1.807, 2.05) is 18.2 Å². The van der Waals surface area contributed by atoms with E-state index in [4.69, 9.17) is 0 Å². The summed E-state index contributed by atoms with van der Waals surface area (Å²) >= 11 is 0. The van der Waals surface area contributed by atoms with Gasteiger partial charge in [-0.05, 0) is 61.5 Å². The standard InChI is InChI=1S/C21H23N3O4/c25-23(26)20-7-3-17(4-8-20)1-2-19-12-15-22(16-13-19)14-11-18-5-9-21(10-6-18)24(27)28/h1-10,19H,11-16H2. The van der Waals surface area contributed by atoms with Crippen molar-refractivity contribution in [1.29, 1.82) is 0 Å². The molecule has 1 aliphatic rings. The van der Waals surface area contributed by atoms with E-state index in [9.17, 15) is 20.2 Å². The van der Waals surface area contributed by atoms with Crippen LogP contribution in [0.3, 0.4) is 0 Å². The molecule has 7 nitrogen and oxygen atoms in total. The fraction of sp³-hybridized carbons (Fsp3) is 0.333. The van der Waals surface area contributed by atoms with Crippen molar-refractivity contribution in [2.75, 3.05) is 19.6 Å². The third-order valence-corrected chi connectivity index (χ3v) is 5.16. The highest BCUT2D eigenvalue weighted by Crippen LogP contribution is 2.21. The number of piperidine rings is 1. The van der Waals surface area contributed by atoms with Crippen molar-refractivity contribution in [3.05, 3.63) is 86.0 Å². The van der Waals surface area contributed by atoms with Gasteiger partial charge in [0.1, 0.15) is 0 Å². The average molecular weight is 381 g/mol. The van der Waals surface area contributed by atoms with Gasteiger partial charge in [0.05, 0.1) is 9.85 Å². The Balaban J connectivity index is 1.42. The molecule has 0 aliphatic carbocycles. The number of rotatable bonds is 7. The number of nitrogens with zero attached hydrogens (tertiary/aromatic N) is 3. The molecule has 2 aromatic carbocycles. The smallest absolute Gasteiger partial charge is 0.269 e. The van der Waals surface area contributed by atoms with E-state index in [2.05, 4.69) is 11.0 Å². The lowest BCUT2D eigenvalue weighted by Crippen LogP contribution is -2.34. The van der Waals surface area contributed by atoms with Gasteiger partial charge in [0.15, 0.2) is 0 Å². The Hall–Kier alpha value is -3.06. The number of hydrogen-bond donors (Lipinski definition) is 0. The minimum atomic E-state index is -0.389. The maximum atomic E-state index is 10.7. The van der Waals surface area contributed by atoms with E-state index in [-0.39, 0.29) is 21.2 Å². The molecule has 7 heteroatoms. The van der Waals surface area contributed by atoms with Crippen LogP contribution in [0, 0.1) is 26.1 Å². The van der Waals surface area contributed by atoms with Crippen LogP contribution < -0.4 is 0 Å². The summed E-state index contributed by atoms with van der Waals surface area (Å²) in [4.78, 5) is 23.1. The Morgan fingerprint density at radius 1 is 0.893 bits per heavy atom. The summed E-state index contributed by atoms with van der Waals surface area (Å²) in [6.45, 7) is 3.01. The highest BCUT2D eigenvalue weighted by molar-refractivity contribution is 5.52. The van der Waals surface area contributed by atoms with Gasteiger partial charge in [-0.15, -0.1) is 0 Å². The first-order chi connectivity index (χ1) is 13.5. The summed E-state index contributed by atoms with van der Waals surface area (Å²) in [5.41, 5.74) is 2.33. The molecular formula is C21H23N3O4. The summed E-state index contributed by atoms with van der Waals surface area (Å²) in [6.07, 6.45) is 7.31. The molecule has 0 spiro atoms. The first-order valence-corrected chi connectivity index (χ1v) is 9.39. The Labute approximate surface area is 163 Å². The van der Waals surface area contributed by atoms with Crippen molar-refractivity contribution in [3.8, 4) is 0 Å². The van der Waals surface area contributed by atoms with Crippen molar-refractivity contribution < 1.29 is 9.85 Å². The van der Waals surface area contributed by atoms with Crippen molar-refractivity contribution in [2.24, 2.45) is 5.92 Å². The van der Waals surface area contributed by atoms with Crippen LogP contribution in [0.2, 0.25) is 0 Å². The second-order valence-electron chi connectivity index (χ2n) is 7.06. The summed E-state index contributed by atoms with van der Waals surface area (Å²) in [5.74, 6) is 0.519. The minimum Gasteiger partial charge on any atom is -0.303 e. The largest absolute Gasteiger partial charge is 0.303 e. The quantitative estimate of drug-likeness (QED) is 0.521. The lowest BCUT2D eigenvalue weighted by atomic mass is 9.95. The van der Waals surface area contributed by atoms with Crippen LogP contribution in [0.4, 0.5) is 11.4 Å². The molecule has 1 aliphatic heterocycles.